The lowest BCUT2D eigenvalue weighted by atomic mass is 9.97. The summed E-state index contributed by atoms with van der Waals surface area (Å²) in [7, 11) is 0. The smallest absolute Gasteiger partial charge is 0.330 e. The summed E-state index contributed by atoms with van der Waals surface area (Å²) in [5, 5.41) is 0. The van der Waals surface area contributed by atoms with Gasteiger partial charge in [-0.2, -0.15) is 0 Å². The maximum atomic E-state index is 12.5. The van der Waals surface area contributed by atoms with Gasteiger partial charge in [-0.15, -0.1) is 0 Å². The van der Waals surface area contributed by atoms with E-state index in [1.807, 2.05) is 0 Å². The lowest BCUT2D eigenvalue weighted by Gasteiger charge is -2.44. The average molecular weight is 456 g/mol. The Kier molecular flexibility index (Phi) is 7.92. The first-order valence-corrected chi connectivity index (χ1v) is 9.53. The average Bonchev–Trinajstić information content (AvgIpc) is 2.65. The van der Waals surface area contributed by atoms with Crippen LogP contribution in [0.15, 0.2) is 15.8 Å². The summed E-state index contributed by atoms with van der Waals surface area (Å²) in [5.41, 5.74) is -1.41. The predicted octanol–water partition coefficient (Wildman–Crippen LogP) is -0.899. The molecule has 1 fully saturated rings. The van der Waals surface area contributed by atoms with Crippen molar-refractivity contribution in [2.75, 3.05) is 6.61 Å². The van der Waals surface area contributed by atoms with Crippen molar-refractivity contribution in [3.63, 3.8) is 0 Å². The molecule has 2 heterocycles. The molecule has 2 unspecified atom stereocenters. The van der Waals surface area contributed by atoms with Crippen LogP contribution < -0.4 is 11.2 Å². The molecule has 0 bridgehead atoms. The molecule has 1 saturated heterocycles. The van der Waals surface area contributed by atoms with Gasteiger partial charge < -0.3 is 23.7 Å². The van der Waals surface area contributed by atoms with Crippen LogP contribution in [-0.4, -0.2) is 64.5 Å². The number of hydrogen-bond acceptors (Lipinski definition) is 11. The minimum atomic E-state index is -1.46. The molecule has 1 aliphatic rings. The van der Waals surface area contributed by atoms with Crippen LogP contribution in [0.3, 0.4) is 0 Å². The van der Waals surface area contributed by atoms with Gasteiger partial charge in [0.15, 0.2) is 24.5 Å². The van der Waals surface area contributed by atoms with Gasteiger partial charge >= 0.3 is 29.6 Å². The number of aryl methyl sites for hydroxylation is 1. The fraction of sp³-hybridized carbons (Fsp3) is 0.579. The van der Waals surface area contributed by atoms with Crippen molar-refractivity contribution in [1.82, 2.24) is 9.55 Å². The number of ether oxygens (including phenoxy) is 5. The number of hydrogen-bond donors (Lipinski definition) is 1. The van der Waals surface area contributed by atoms with Crippen molar-refractivity contribution in [2.24, 2.45) is 0 Å². The third-order valence-corrected chi connectivity index (χ3v) is 4.39. The van der Waals surface area contributed by atoms with Crippen LogP contribution in [0.25, 0.3) is 0 Å². The van der Waals surface area contributed by atoms with Crippen LogP contribution in [0.5, 0.6) is 0 Å². The normalized spacial score (nSPS) is 24.8. The maximum Gasteiger partial charge on any atom is 0.330 e. The van der Waals surface area contributed by atoms with E-state index in [9.17, 15) is 28.8 Å². The summed E-state index contributed by atoms with van der Waals surface area (Å²) in [6.45, 7) is 5.39. The maximum absolute atomic E-state index is 12.5. The molecular weight excluding hydrogens is 432 g/mol. The number of carbonyl (C=O) groups excluding carboxylic acids is 4. The van der Waals surface area contributed by atoms with E-state index in [1.54, 1.807) is 0 Å². The molecule has 0 aliphatic carbocycles. The van der Waals surface area contributed by atoms with Crippen LogP contribution in [0.2, 0.25) is 0 Å². The summed E-state index contributed by atoms with van der Waals surface area (Å²) in [4.78, 5) is 73.0. The Morgan fingerprint density at radius 2 is 1.44 bits per heavy atom. The van der Waals surface area contributed by atoms with E-state index in [1.165, 1.54) is 13.1 Å². The Balaban J connectivity index is 2.65. The number of rotatable bonds is 6. The Labute approximate surface area is 181 Å². The van der Waals surface area contributed by atoms with Gasteiger partial charge in [0.05, 0.1) is 0 Å². The standard InChI is InChI=1S/C19H24N2O11/c1-8-6-21(19(27)20-17(8)26)18-16(31-12(5)25)15(30-11(4)24)14(29-10(3)23)13(32-18)7-28-9(2)22/h6,13-16,18H,7H2,1-5H3,(H,20,26,27)/t13?,14-,15?,16-,18+/m0/s1. The van der Waals surface area contributed by atoms with E-state index < -0.39 is 72.4 Å². The molecule has 1 N–H and O–H groups in total. The second kappa shape index (κ2) is 10.2. The van der Waals surface area contributed by atoms with Crippen molar-refractivity contribution >= 4 is 23.9 Å². The monoisotopic (exact) mass is 456 g/mol. The molecule has 0 radical (unpaired) electrons. The minimum absolute atomic E-state index is 0.137. The Morgan fingerprint density at radius 3 is 1.97 bits per heavy atom. The van der Waals surface area contributed by atoms with Gasteiger partial charge in [0.2, 0.25) is 0 Å². The predicted molar refractivity (Wildman–Crippen MR) is 103 cm³/mol. The zero-order chi connectivity index (χ0) is 24.2. The molecule has 176 valence electrons. The molecule has 1 aromatic rings. The third-order valence-electron chi connectivity index (χ3n) is 4.39. The molecule has 1 aromatic heterocycles. The number of nitrogens with zero attached hydrogens (tertiary/aromatic N) is 1. The molecule has 0 spiro atoms. The summed E-state index contributed by atoms with van der Waals surface area (Å²) in [6.07, 6.45) is -5.73. The second-order valence-electron chi connectivity index (χ2n) is 7.07. The van der Waals surface area contributed by atoms with Crippen LogP contribution in [0.1, 0.15) is 39.5 Å². The first-order chi connectivity index (χ1) is 14.9. The lowest BCUT2D eigenvalue weighted by Crippen LogP contribution is -2.61. The zero-order valence-electron chi connectivity index (χ0n) is 18.1. The molecule has 0 aromatic carbocycles. The van der Waals surface area contributed by atoms with E-state index >= 15 is 0 Å². The van der Waals surface area contributed by atoms with Gasteiger partial charge in [-0.3, -0.25) is 33.5 Å². The van der Waals surface area contributed by atoms with Crippen molar-refractivity contribution in [3.05, 3.63) is 32.6 Å². The highest BCUT2D eigenvalue weighted by atomic mass is 16.7. The van der Waals surface area contributed by atoms with Crippen molar-refractivity contribution in [3.8, 4) is 0 Å². The van der Waals surface area contributed by atoms with Gasteiger partial charge in [0.1, 0.15) is 12.7 Å². The quantitative estimate of drug-likeness (QED) is 0.416. The Hall–Kier alpha value is -3.48. The highest BCUT2D eigenvalue weighted by molar-refractivity contribution is 5.68. The zero-order valence-corrected chi connectivity index (χ0v) is 18.1. The van der Waals surface area contributed by atoms with Crippen molar-refractivity contribution < 1.29 is 42.9 Å². The largest absolute Gasteiger partial charge is 0.463 e. The van der Waals surface area contributed by atoms with E-state index in [0.29, 0.717) is 0 Å². The Bertz CT molecular complexity index is 1010. The van der Waals surface area contributed by atoms with E-state index in [4.69, 9.17) is 23.7 Å². The van der Waals surface area contributed by atoms with Crippen molar-refractivity contribution in [1.29, 1.82) is 0 Å². The molecule has 13 heteroatoms. The molecule has 1 aliphatic heterocycles. The van der Waals surface area contributed by atoms with Gasteiger partial charge in [0, 0.05) is 39.5 Å². The summed E-state index contributed by atoms with van der Waals surface area (Å²) in [5.74, 6) is -3.06. The van der Waals surface area contributed by atoms with E-state index in [2.05, 4.69) is 4.98 Å². The fourth-order valence-corrected chi connectivity index (χ4v) is 3.20. The van der Waals surface area contributed by atoms with Crippen LogP contribution in [-0.2, 0) is 42.9 Å². The first-order valence-electron chi connectivity index (χ1n) is 9.53. The fourth-order valence-electron chi connectivity index (χ4n) is 3.20. The summed E-state index contributed by atoms with van der Waals surface area (Å²) < 4.78 is 27.6. The highest BCUT2D eigenvalue weighted by Gasteiger charge is 2.53. The number of carbonyl (C=O) groups is 4. The van der Waals surface area contributed by atoms with Gasteiger partial charge in [-0.05, 0) is 6.92 Å². The number of aromatic amines is 1. The number of aromatic nitrogens is 2. The van der Waals surface area contributed by atoms with E-state index in [0.717, 1.165) is 32.3 Å². The second-order valence-corrected chi connectivity index (χ2v) is 7.07. The van der Waals surface area contributed by atoms with Crippen LogP contribution >= 0.6 is 0 Å². The third kappa shape index (κ3) is 6.03. The highest BCUT2D eigenvalue weighted by Crippen LogP contribution is 2.34. The number of esters is 4. The van der Waals surface area contributed by atoms with Gasteiger partial charge in [-0.25, -0.2) is 4.79 Å². The van der Waals surface area contributed by atoms with Crippen LogP contribution in [0.4, 0.5) is 0 Å². The SMILES string of the molecule is CC(=O)OCC1O[C@@H](n2cc(C)c(=O)[nH]c2=O)[C@@H](OC(C)=O)C(OC(C)=O)[C@H]1OC(C)=O. The molecule has 5 atom stereocenters. The molecular formula is C19H24N2O11. The topological polar surface area (TPSA) is 169 Å². The molecule has 0 amide bonds. The molecule has 2 rings (SSSR count). The lowest BCUT2D eigenvalue weighted by molar-refractivity contribution is -0.269. The number of nitrogens with one attached hydrogen (secondary N) is 1. The minimum Gasteiger partial charge on any atom is -0.463 e. The van der Waals surface area contributed by atoms with Gasteiger partial charge in [-0.1, -0.05) is 0 Å². The van der Waals surface area contributed by atoms with Crippen LogP contribution in [0, 0.1) is 6.92 Å². The summed E-state index contributed by atoms with van der Waals surface area (Å²) >= 11 is 0. The van der Waals surface area contributed by atoms with Gasteiger partial charge in [0.25, 0.3) is 5.56 Å². The molecule has 13 nitrogen and oxygen atoms in total. The molecule has 0 saturated carbocycles. The Morgan fingerprint density at radius 1 is 0.906 bits per heavy atom. The van der Waals surface area contributed by atoms with E-state index in [-0.39, 0.29) is 5.56 Å². The number of H-pyrrole nitrogens is 1. The first kappa shape index (κ1) is 24.8. The van der Waals surface area contributed by atoms with Crippen molar-refractivity contribution in [2.45, 2.75) is 65.3 Å². The molecule has 32 heavy (non-hydrogen) atoms. The summed E-state index contributed by atoms with van der Waals surface area (Å²) in [6, 6.07) is 0.